The molecule has 0 atom stereocenters. The quantitative estimate of drug-likeness (QED) is 0.736. The predicted octanol–water partition coefficient (Wildman–Crippen LogP) is 4.16. The molecular formula is C21H22N2O2. The summed E-state index contributed by atoms with van der Waals surface area (Å²) in [6.45, 7) is 3.05. The van der Waals surface area contributed by atoms with Crippen LogP contribution in [0.25, 0.3) is 10.8 Å². The van der Waals surface area contributed by atoms with Gasteiger partial charge in [-0.15, -0.1) is 0 Å². The minimum atomic E-state index is -0.168. The van der Waals surface area contributed by atoms with Gasteiger partial charge in [0.2, 0.25) is 0 Å². The molecule has 0 radical (unpaired) electrons. The Labute approximate surface area is 147 Å². The molecule has 3 aromatic carbocycles. The largest absolute Gasteiger partial charge is 0.497 e. The van der Waals surface area contributed by atoms with Crippen LogP contribution >= 0.6 is 0 Å². The molecule has 0 spiro atoms. The summed E-state index contributed by atoms with van der Waals surface area (Å²) < 4.78 is 5.24. The second-order valence-corrected chi connectivity index (χ2v) is 6.01. The third-order valence-electron chi connectivity index (χ3n) is 4.27. The van der Waals surface area contributed by atoms with E-state index in [0.717, 1.165) is 27.6 Å². The topological polar surface area (TPSA) is 50.4 Å². The highest BCUT2D eigenvalue weighted by Crippen LogP contribution is 2.21. The van der Waals surface area contributed by atoms with Gasteiger partial charge in [-0.25, -0.2) is 4.79 Å². The molecule has 0 aliphatic rings. The lowest BCUT2D eigenvalue weighted by molar-refractivity contribution is 0.240. The average Bonchev–Trinajstić information content (AvgIpc) is 2.65. The predicted molar refractivity (Wildman–Crippen MR) is 101 cm³/mol. The summed E-state index contributed by atoms with van der Waals surface area (Å²) in [7, 11) is 1.66. The molecule has 2 amide bonds. The standard InChI is InChI=1S/C21H22N2O2/c1-15-5-3-4-6-19(15)14-23-21(24)22-13-16-7-8-18-12-20(25-2)10-9-17(18)11-16/h3-12H,13-14H2,1-2H3,(H2,22,23,24). The number of rotatable bonds is 5. The maximum Gasteiger partial charge on any atom is 0.315 e. The summed E-state index contributed by atoms with van der Waals surface area (Å²) in [4.78, 5) is 12.0. The van der Waals surface area contributed by atoms with E-state index >= 15 is 0 Å². The van der Waals surface area contributed by atoms with Crippen LogP contribution in [0.3, 0.4) is 0 Å². The molecule has 4 heteroatoms. The van der Waals surface area contributed by atoms with Crippen molar-refractivity contribution in [1.29, 1.82) is 0 Å². The van der Waals surface area contributed by atoms with Crippen LogP contribution in [0.5, 0.6) is 5.75 Å². The first-order chi connectivity index (χ1) is 12.2. The van der Waals surface area contributed by atoms with Crippen molar-refractivity contribution in [3.8, 4) is 5.75 Å². The van der Waals surface area contributed by atoms with Gasteiger partial charge in [-0.2, -0.15) is 0 Å². The minimum Gasteiger partial charge on any atom is -0.497 e. The molecule has 3 aromatic rings. The summed E-state index contributed by atoms with van der Waals surface area (Å²) in [5.41, 5.74) is 3.36. The van der Waals surface area contributed by atoms with Crippen molar-refractivity contribution in [2.75, 3.05) is 7.11 Å². The van der Waals surface area contributed by atoms with Gasteiger partial charge in [0, 0.05) is 13.1 Å². The SMILES string of the molecule is COc1ccc2cc(CNC(=O)NCc3ccccc3C)ccc2c1. The molecule has 0 saturated heterocycles. The van der Waals surface area contributed by atoms with Gasteiger partial charge in [0.15, 0.2) is 0 Å². The lowest BCUT2D eigenvalue weighted by Gasteiger charge is -2.10. The normalized spacial score (nSPS) is 10.5. The van der Waals surface area contributed by atoms with Crippen molar-refractivity contribution < 1.29 is 9.53 Å². The number of hydrogen-bond donors (Lipinski definition) is 2. The third kappa shape index (κ3) is 4.29. The number of methoxy groups -OCH3 is 1. The van der Waals surface area contributed by atoms with Crippen LogP contribution in [0.2, 0.25) is 0 Å². The highest BCUT2D eigenvalue weighted by Gasteiger charge is 2.04. The van der Waals surface area contributed by atoms with Gasteiger partial charge >= 0.3 is 6.03 Å². The van der Waals surface area contributed by atoms with Crippen molar-refractivity contribution >= 4 is 16.8 Å². The Morgan fingerprint density at radius 2 is 1.64 bits per heavy atom. The number of urea groups is 1. The lowest BCUT2D eigenvalue weighted by atomic mass is 10.1. The Bertz CT molecular complexity index is 890. The van der Waals surface area contributed by atoms with Gasteiger partial charge in [-0.05, 0) is 52.6 Å². The maximum absolute atomic E-state index is 12.0. The molecular weight excluding hydrogens is 312 g/mol. The molecule has 0 aliphatic carbocycles. The fourth-order valence-electron chi connectivity index (χ4n) is 2.74. The zero-order valence-electron chi connectivity index (χ0n) is 14.5. The van der Waals surface area contributed by atoms with E-state index in [-0.39, 0.29) is 6.03 Å². The van der Waals surface area contributed by atoms with Gasteiger partial charge in [-0.1, -0.05) is 42.5 Å². The van der Waals surface area contributed by atoms with E-state index in [4.69, 9.17) is 4.74 Å². The fraction of sp³-hybridized carbons (Fsp3) is 0.190. The number of carbonyl (C=O) groups excluding carboxylic acids is 1. The number of hydrogen-bond acceptors (Lipinski definition) is 2. The second kappa shape index (κ2) is 7.71. The van der Waals surface area contributed by atoms with Crippen LogP contribution in [-0.4, -0.2) is 13.1 Å². The van der Waals surface area contributed by atoms with Gasteiger partial charge in [0.1, 0.15) is 5.75 Å². The first-order valence-corrected chi connectivity index (χ1v) is 8.28. The van der Waals surface area contributed by atoms with E-state index in [2.05, 4.69) is 16.7 Å². The monoisotopic (exact) mass is 334 g/mol. The highest BCUT2D eigenvalue weighted by atomic mass is 16.5. The summed E-state index contributed by atoms with van der Waals surface area (Å²) in [6, 6.07) is 20.0. The van der Waals surface area contributed by atoms with Crippen molar-refractivity contribution in [3.63, 3.8) is 0 Å². The van der Waals surface area contributed by atoms with Gasteiger partial charge in [0.25, 0.3) is 0 Å². The average molecular weight is 334 g/mol. The lowest BCUT2D eigenvalue weighted by Crippen LogP contribution is -2.34. The van der Waals surface area contributed by atoms with Crippen molar-refractivity contribution in [3.05, 3.63) is 77.4 Å². The van der Waals surface area contributed by atoms with Crippen LogP contribution < -0.4 is 15.4 Å². The summed E-state index contributed by atoms with van der Waals surface area (Å²) in [5, 5.41) is 8.04. The number of ether oxygens (including phenoxy) is 1. The molecule has 0 saturated carbocycles. The fourth-order valence-corrected chi connectivity index (χ4v) is 2.74. The minimum absolute atomic E-state index is 0.168. The van der Waals surface area contributed by atoms with Crippen LogP contribution in [-0.2, 0) is 13.1 Å². The van der Waals surface area contributed by atoms with E-state index in [1.165, 1.54) is 5.56 Å². The molecule has 2 N–H and O–H groups in total. The Morgan fingerprint density at radius 1 is 0.920 bits per heavy atom. The molecule has 0 fully saturated rings. The van der Waals surface area contributed by atoms with Crippen molar-refractivity contribution in [1.82, 2.24) is 10.6 Å². The van der Waals surface area contributed by atoms with Crippen LogP contribution in [0.15, 0.2) is 60.7 Å². The molecule has 0 aliphatic heterocycles. The van der Waals surface area contributed by atoms with Gasteiger partial charge < -0.3 is 15.4 Å². The Kier molecular flexibility index (Phi) is 5.19. The van der Waals surface area contributed by atoms with Crippen LogP contribution in [0.1, 0.15) is 16.7 Å². The van der Waals surface area contributed by atoms with E-state index in [9.17, 15) is 4.79 Å². The zero-order valence-corrected chi connectivity index (χ0v) is 14.5. The van der Waals surface area contributed by atoms with E-state index in [0.29, 0.717) is 13.1 Å². The number of carbonyl (C=O) groups is 1. The summed E-state index contributed by atoms with van der Waals surface area (Å²) in [6.07, 6.45) is 0. The molecule has 0 aromatic heterocycles. The number of fused-ring (bicyclic) bond motifs is 1. The summed E-state index contributed by atoms with van der Waals surface area (Å²) in [5.74, 6) is 0.842. The first-order valence-electron chi connectivity index (χ1n) is 8.28. The smallest absolute Gasteiger partial charge is 0.315 e. The second-order valence-electron chi connectivity index (χ2n) is 6.01. The molecule has 0 bridgehead atoms. The molecule has 128 valence electrons. The molecule has 25 heavy (non-hydrogen) atoms. The maximum atomic E-state index is 12.0. The molecule has 0 heterocycles. The number of aryl methyl sites for hydroxylation is 1. The third-order valence-corrected chi connectivity index (χ3v) is 4.27. The van der Waals surface area contributed by atoms with Crippen molar-refractivity contribution in [2.24, 2.45) is 0 Å². The van der Waals surface area contributed by atoms with Crippen LogP contribution in [0, 0.1) is 6.92 Å². The van der Waals surface area contributed by atoms with E-state index in [1.54, 1.807) is 7.11 Å². The Balaban J connectivity index is 1.56. The molecule has 3 rings (SSSR count). The Hall–Kier alpha value is -3.01. The van der Waals surface area contributed by atoms with E-state index < -0.39 is 0 Å². The number of amides is 2. The first kappa shape index (κ1) is 16.8. The Morgan fingerprint density at radius 3 is 2.44 bits per heavy atom. The number of nitrogens with one attached hydrogen (secondary N) is 2. The van der Waals surface area contributed by atoms with Gasteiger partial charge in [0.05, 0.1) is 7.11 Å². The zero-order chi connectivity index (χ0) is 17.6. The molecule has 4 nitrogen and oxygen atoms in total. The molecule has 0 unspecified atom stereocenters. The highest BCUT2D eigenvalue weighted by molar-refractivity contribution is 5.84. The van der Waals surface area contributed by atoms with E-state index in [1.807, 2.05) is 61.5 Å². The van der Waals surface area contributed by atoms with Crippen molar-refractivity contribution in [2.45, 2.75) is 20.0 Å². The van der Waals surface area contributed by atoms with Gasteiger partial charge in [-0.3, -0.25) is 0 Å². The number of benzene rings is 3. The van der Waals surface area contributed by atoms with Crippen LogP contribution in [0.4, 0.5) is 4.79 Å². The summed E-state index contributed by atoms with van der Waals surface area (Å²) >= 11 is 0.